The van der Waals surface area contributed by atoms with Gasteiger partial charge in [-0.15, -0.1) is 10.2 Å². The lowest BCUT2D eigenvalue weighted by molar-refractivity contribution is 0.542. The standard InChI is InChI=1S/C11H13F2N5/c1-14-10(6-11-15-17-18(2)16-11)7-3-8(12)5-9(13)4-7/h3-5,10,14H,6H2,1-2H3. The van der Waals surface area contributed by atoms with E-state index in [0.29, 0.717) is 17.8 Å². The van der Waals surface area contributed by atoms with E-state index in [-0.39, 0.29) is 6.04 Å². The number of nitrogens with one attached hydrogen (secondary N) is 1. The molecule has 1 atom stereocenters. The molecule has 1 unspecified atom stereocenters. The molecule has 1 aromatic heterocycles. The first-order chi connectivity index (χ1) is 8.58. The van der Waals surface area contributed by atoms with Crippen molar-refractivity contribution in [1.29, 1.82) is 0 Å². The molecule has 2 rings (SSSR count). The number of rotatable bonds is 4. The van der Waals surface area contributed by atoms with Crippen molar-refractivity contribution in [1.82, 2.24) is 25.5 Å². The van der Waals surface area contributed by atoms with Crippen LogP contribution >= 0.6 is 0 Å². The van der Waals surface area contributed by atoms with Gasteiger partial charge in [-0.05, 0) is 30.0 Å². The highest BCUT2D eigenvalue weighted by atomic mass is 19.1. The molecule has 0 bridgehead atoms. The van der Waals surface area contributed by atoms with Crippen molar-refractivity contribution >= 4 is 0 Å². The Bertz CT molecular complexity index is 520. The number of hydrogen-bond acceptors (Lipinski definition) is 4. The van der Waals surface area contributed by atoms with Crippen LogP contribution in [0, 0.1) is 11.6 Å². The number of nitrogens with zero attached hydrogens (tertiary/aromatic N) is 4. The van der Waals surface area contributed by atoms with E-state index in [1.54, 1.807) is 14.1 Å². The molecule has 0 saturated heterocycles. The summed E-state index contributed by atoms with van der Waals surface area (Å²) in [7, 11) is 3.37. The van der Waals surface area contributed by atoms with Crippen molar-refractivity contribution in [3.63, 3.8) is 0 Å². The summed E-state index contributed by atoms with van der Waals surface area (Å²) in [6.07, 6.45) is 0.410. The van der Waals surface area contributed by atoms with Crippen molar-refractivity contribution in [2.45, 2.75) is 12.5 Å². The molecule has 1 aromatic carbocycles. The number of likely N-dealkylation sites (N-methyl/N-ethyl adjacent to an activating group) is 1. The highest BCUT2D eigenvalue weighted by molar-refractivity contribution is 5.22. The second kappa shape index (κ2) is 5.18. The summed E-state index contributed by atoms with van der Waals surface area (Å²) in [5.74, 6) is -0.684. The van der Waals surface area contributed by atoms with Gasteiger partial charge in [-0.3, -0.25) is 0 Å². The van der Waals surface area contributed by atoms with E-state index in [4.69, 9.17) is 0 Å². The van der Waals surface area contributed by atoms with E-state index < -0.39 is 11.6 Å². The minimum absolute atomic E-state index is 0.264. The Balaban J connectivity index is 2.22. The molecule has 1 heterocycles. The van der Waals surface area contributed by atoms with Crippen LogP contribution in [0.2, 0.25) is 0 Å². The molecule has 1 N–H and O–H groups in total. The Morgan fingerprint density at radius 2 is 1.94 bits per heavy atom. The minimum atomic E-state index is -0.600. The number of benzene rings is 1. The third-order valence-corrected chi connectivity index (χ3v) is 2.57. The summed E-state index contributed by atoms with van der Waals surface area (Å²) in [4.78, 5) is 1.34. The predicted octanol–water partition coefficient (Wildman–Crippen LogP) is 0.991. The second-order valence-corrected chi connectivity index (χ2v) is 3.94. The Morgan fingerprint density at radius 3 is 2.44 bits per heavy atom. The van der Waals surface area contributed by atoms with Gasteiger partial charge in [0.25, 0.3) is 0 Å². The van der Waals surface area contributed by atoms with Gasteiger partial charge < -0.3 is 5.32 Å². The second-order valence-electron chi connectivity index (χ2n) is 3.94. The van der Waals surface area contributed by atoms with E-state index in [1.165, 1.54) is 16.9 Å². The van der Waals surface area contributed by atoms with Crippen LogP contribution in [0.25, 0.3) is 0 Å². The smallest absolute Gasteiger partial charge is 0.176 e. The van der Waals surface area contributed by atoms with E-state index in [2.05, 4.69) is 20.7 Å². The van der Waals surface area contributed by atoms with Crippen LogP contribution < -0.4 is 5.32 Å². The molecule has 0 saturated carbocycles. The van der Waals surface area contributed by atoms with Crippen LogP contribution in [0.5, 0.6) is 0 Å². The largest absolute Gasteiger partial charge is 0.313 e. The van der Waals surface area contributed by atoms with Crippen LogP contribution in [-0.2, 0) is 13.5 Å². The molecule has 0 aliphatic rings. The Hall–Kier alpha value is -1.89. The van der Waals surface area contributed by atoms with Gasteiger partial charge in [0, 0.05) is 18.5 Å². The third kappa shape index (κ3) is 2.86. The highest BCUT2D eigenvalue weighted by Crippen LogP contribution is 2.18. The van der Waals surface area contributed by atoms with Crippen molar-refractivity contribution in [2.75, 3.05) is 7.05 Å². The summed E-state index contributed by atoms with van der Waals surface area (Å²) in [5, 5.41) is 14.6. The molecule has 5 nitrogen and oxygen atoms in total. The predicted molar refractivity (Wildman–Crippen MR) is 60.7 cm³/mol. The third-order valence-electron chi connectivity index (χ3n) is 2.57. The lowest BCUT2D eigenvalue weighted by Gasteiger charge is -2.14. The van der Waals surface area contributed by atoms with Gasteiger partial charge in [-0.2, -0.15) is 4.80 Å². The average Bonchev–Trinajstić information content (AvgIpc) is 2.70. The Labute approximate surface area is 103 Å². The molecule has 96 valence electrons. The number of aromatic nitrogens is 4. The van der Waals surface area contributed by atoms with Gasteiger partial charge in [0.1, 0.15) is 11.6 Å². The fourth-order valence-electron chi connectivity index (χ4n) is 1.75. The van der Waals surface area contributed by atoms with Gasteiger partial charge in [0.15, 0.2) is 5.82 Å². The Morgan fingerprint density at radius 1 is 1.28 bits per heavy atom. The SMILES string of the molecule is CNC(Cc1nnn(C)n1)c1cc(F)cc(F)c1. The highest BCUT2D eigenvalue weighted by Gasteiger charge is 2.15. The van der Waals surface area contributed by atoms with E-state index in [9.17, 15) is 8.78 Å². The van der Waals surface area contributed by atoms with Gasteiger partial charge in [0.05, 0.1) is 7.05 Å². The van der Waals surface area contributed by atoms with Crippen LogP contribution in [0.3, 0.4) is 0 Å². The zero-order chi connectivity index (χ0) is 13.1. The molecule has 0 radical (unpaired) electrons. The molecule has 0 amide bonds. The number of hydrogen-bond donors (Lipinski definition) is 1. The molecule has 0 fully saturated rings. The van der Waals surface area contributed by atoms with Gasteiger partial charge in [-0.25, -0.2) is 8.78 Å². The lowest BCUT2D eigenvalue weighted by atomic mass is 10.0. The van der Waals surface area contributed by atoms with E-state index in [1.807, 2.05) is 0 Å². The summed E-state index contributed by atoms with van der Waals surface area (Å²) in [6, 6.07) is 3.16. The van der Waals surface area contributed by atoms with Crippen molar-refractivity contribution in [3.8, 4) is 0 Å². The summed E-state index contributed by atoms with van der Waals surface area (Å²) < 4.78 is 26.3. The van der Waals surface area contributed by atoms with E-state index >= 15 is 0 Å². The fourth-order valence-corrected chi connectivity index (χ4v) is 1.75. The fraction of sp³-hybridized carbons (Fsp3) is 0.364. The van der Waals surface area contributed by atoms with Crippen molar-refractivity contribution in [2.24, 2.45) is 7.05 Å². The molecule has 7 heteroatoms. The quantitative estimate of drug-likeness (QED) is 0.883. The van der Waals surface area contributed by atoms with Gasteiger partial charge in [-0.1, -0.05) is 0 Å². The lowest BCUT2D eigenvalue weighted by Crippen LogP contribution is -2.20. The first-order valence-electron chi connectivity index (χ1n) is 5.44. The van der Waals surface area contributed by atoms with Gasteiger partial charge >= 0.3 is 0 Å². The number of tetrazole rings is 1. The van der Waals surface area contributed by atoms with Crippen LogP contribution in [0.4, 0.5) is 8.78 Å². The van der Waals surface area contributed by atoms with Crippen LogP contribution in [0.1, 0.15) is 17.4 Å². The topological polar surface area (TPSA) is 55.6 Å². The molecular weight excluding hydrogens is 240 g/mol. The van der Waals surface area contributed by atoms with Crippen LogP contribution in [-0.4, -0.2) is 27.3 Å². The Kier molecular flexibility index (Phi) is 3.61. The first-order valence-corrected chi connectivity index (χ1v) is 5.44. The summed E-state index contributed by atoms with van der Waals surface area (Å²) in [6.45, 7) is 0. The summed E-state index contributed by atoms with van der Waals surface area (Å²) in [5.41, 5.74) is 0.516. The molecule has 0 aliphatic carbocycles. The zero-order valence-electron chi connectivity index (χ0n) is 10.1. The van der Waals surface area contributed by atoms with Crippen LogP contribution in [0.15, 0.2) is 18.2 Å². The maximum atomic E-state index is 13.2. The first kappa shape index (κ1) is 12.6. The summed E-state index contributed by atoms with van der Waals surface area (Å²) >= 11 is 0. The van der Waals surface area contributed by atoms with Crippen molar-refractivity contribution in [3.05, 3.63) is 41.2 Å². The maximum Gasteiger partial charge on any atom is 0.176 e. The van der Waals surface area contributed by atoms with Crippen molar-refractivity contribution < 1.29 is 8.78 Å². The number of halogens is 2. The molecule has 0 aliphatic heterocycles. The molecule has 2 aromatic rings. The normalized spacial score (nSPS) is 12.7. The number of aryl methyl sites for hydroxylation is 1. The maximum absolute atomic E-state index is 13.2. The molecular formula is C11H13F2N5. The van der Waals surface area contributed by atoms with E-state index in [0.717, 1.165) is 6.07 Å². The molecule has 18 heavy (non-hydrogen) atoms. The average molecular weight is 253 g/mol. The van der Waals surface area contributed by atoms with Gasteiger partial charge in [0.2, 0.25) is 0 Å². The molecule has 0 spiro atoms. The zero-order valence-corrected chi connectivity index (χ0v) is 10.1. The monoisotopic (exact) mass is 253 g/mol. The minimum Gasteiger partial charge on any atom is -0.313 e.